The summed E-state index contributed by atoms with van der Waals surface area (Å²) in [5.74, 6) is 2.31. The minimum Gasteiger partial charge on any atom is -0.493 e. The fourth-order valence-electron chi connectivity index (χ4n) is 1.70. The predicted molar refractivity (Wildman–Crippen MR) is 70.1 cm³/mol. The highest BCUT2D eigenvalue weighted by atomic mass is 16.5. The van der Waals surface area contributed by atoms with E-state index in [-0.39, 0.29) is 0 Å². The van der Waals surface area contributed by atoms with Crippen molar-refractivity contribution in [3.8, 4) is 5.75 Å². The molecule has 16 heavy (non-hydrogen) atoms. The first-order chi connectivity index (χ1) is 7.49. The third-order valence-corrected chi connectivity index (χ3v) is 2.42. The van der Waals surface area contributed by atoms with Gasteiger partial charge in [0.1, 0.15) is 5.75 Å². The van der Waals surface area contributed by atoms with E-state index < -0.39 is 0 Å². The second-order valence-electron chi connectivity index (χ2n) is 5.41. The highest BCUT2D eigenvalue weighted by molar-refractivity contribution is 5.37. The Hall–Kier alpha value is -0.980. The van der Waals surface area contributed by atoms with Crippen LogP contribution in [0.4, 0.5) is 0 Å². The van der Waals surface area contributed by atoms with E-state index in [0.717, 1.165) is 18.8 Å². The van der Waals surface area contributed by atoms with Gasteiger partial charge in [0.2, 0.25) is 0 Å². The van der Waals surface area contributed by atoms with E-state index >= 15 is 0 Å². The van der Waals surface area contributed by atoms with E-state index in [9.17, 15) is 0 Å². The number of benzene rings is 1. The molecule has 0 heterocycles. The first-order valence-corrected chi connectivity index (χ1v) is 6.21. The van der Waals surface area contributed by atoms with Crippen molar-refractivity contribution in [2.75, 3.05) is 6.61 Å². The molecule has 1 aromatic carbocycles. The van der Waals surface area contributed by atoms with Gasteiger partial charge < -0.3 is 4.74 Å². The van der Waals surface area contributed by atoms with Crippen molar-refractivity contribution in [2.45, 2.75) is 41.0 Å². The Bertz CT molecular complexity index is 326. The van der Waals surface area contributed by atoms with Crippen LogP contribution in [0.5, 0.6) is 5.75 Å². The summed E-state index contributed by atoms with van der Waals surface area (Å²) in [5, 5.41) is 0. The summed E-state index contributed by atoms with van der Waals surface area (Å²) in [6, 6.07) is 6.48. The average molecular weight is 220 g/mol. The normalized spacial score (nSPS) is 11.2. The van der Waals surface area contributed by atoms with Gasteiger partial charge in [-0.05, 0) is 36.8 Å². The third-order valence-electron chi connectivity index (χ3n) is 2.42. The van der Waals surface area contributed by atoms with E-state index in [4.69, 9.17) is 4.74 Å². The zero-order valence-electron chi connectivity index (χ0n) is 11.2. The first kappa shape index (κ1) is 13.1. The maximum Gasteiger partial charge on any atom is 0.122 e. The second kappa shape index (κ2) is 5.93. The second-order valence-corrected chi connectivity index (χ2v) is 5.41. The Kier molecular flexibility index (Phi) is 4.85. The molecule has 0 amide bonds. The maximum atomic E-state index is 5.85. The van der Waals surface area contributed by atoms with E-state index in [1.54, 1.807) is 0 Å². The van der Waals surface area contributed by atoms with E-state index in [1.807, 2.05) is 0 Å². The van der Waals surface area contributed by atoms with Crippen LogP contribution in [0.3, 0.4) is 0 Å². The summed E-state index contributed by atoms with van der Waals surface area (Å²) in [6.07, 6.45) is 1.09. The highest BCUT2D eigenvalue weighted by Crippen LogP contribution is 2.23. The first-order valence-electron chi connectivity index (χ1n) is 6.21. The van der Waals surface area contributed by atoms with Crippen molar-refractivity contribution in [1.29, 1.82) is 0 Å². The molecule has 0 spiro atoms. The van der Waals surface area contributed by atoms with Crippen LogP contribution in [0.1, 0.15) is 38.8 Å². The average Bonchev–Trinajstić information content (AvgIpc) is 2.15. The summed E-state index contributed by atoms with van der Waals surface area (Å²) in [6.45, 7) is 11.8. The monoisotopic (exact) mass is 220 g/mol. The zero-order valence-corrected chi connectivity index (χ0v) is 11.2. The lowest BCUT2D eigenvalue weighted by Gasteiger charge is -2.15. The van der Waals surface area contributed by atoms with Crippen LogP contribution in [0, 0.1) is 18.8 Å². The summed E-state index contributed by atoms with van der Waals surface area (Å²) in [5.41, 5.74) is 2.66. The molecular formula is C15H24O. The van der Waals surface area contributed by atoms with E-state index in [0.29, 0.717) is 11.8 Å². The predicted octanol–water partition coefficient (Wildman–Crippen LogP) is 4.23. The largest absolute Gasteiger partial charge is 0.493 e. The molecular weight excluding hydrogens is 196 g/mol. The minimum atomic E-state index is 0.577. The summed E-state index contributed by atoms with van der Waals surface area (Å²) >= 11 is 0. The molecule has 0 aliphatic carbocycles. The van der Waals surface area contributed by atoms with Gasteiger partial charge >= 0.3 is 0 Å². The molecule has 0 N–H and O–H groups in total. The molecule has 0 saturated heterocycles. The number of hydrogen-bond donors (Lipinski definition) is 0. The molecule has 0 bridgehead atoms. The Morgan fingerprint density at radius 2 is 1.75 bits per heavy atom. The molecule has 0 aliphatic rings. The third kappa shape index (κ3) is 4.26. The van der Waals surface area contributed by atoms with Crippen molar-refractivity contribution in [3.05, 3.63) is 29.3 Å². The van der Waals surface area contributed by atoms with Crippen LogP contribution >= 0.6 is 0 Å². The van der Waals surface area contributed by atoms with Gasteiger partial charge in [0.15, 0.2) is 0 Å². The quantitative estimate of drug-likeness (QED) is 0.721. The van der Waals surface area contributed by atoms with Crippen molar-refractivity contribution in [2.24, 2.45) is 11.8 Å². The standard InChI is InChI=1S/C15H24O/c1-11(2)8-14-9-13(5)6-7-15(14)16-10-12(3)4/h6-7,9,11-12H,8,10H2,1-5H3. The maximum absolute atomic E-state index is 5.85. The molecule has 1 rings (SSSR count). The number of rotatable bonds is 5. The van der Waals surface area contributed by atoms with Gasteiger partial charge in [-0.15, -0.1) is 0 Å². The molecule has 0 saturated carbocycles. The molecule has 1 heteroatoms. The molecule has 1 nitrogen and oxygen atoms in total. The van der Waals surface area contributed by atoms with Crippen LogP contribution < -0.4 is 4.74 Å². The Balaban J connectivity index is 2.80. The van der Waals surface area contributed by atoms with Crippen LogP contribution in [0.25, 0.3) is 0 Å². The number of ether oxygens (including phenoxy) is 1. The fraction of sp³-hybridized carbons (Fsp3) is 0.600. The minimum absolute atomic E-state index is 0.577. The van der Waals surface area contributed by atoms with Gasteiger partial charge in [0.05, 0.1) is 6.61 Å². The molecule has 0 fully saturated rings. The molecule has 0 unspecified atom stereocenters. The Labute approximate surface area is 99.8 Å². The van der Waals surface area contributed by atoms with E-state index in [1.165, 1.54) is 11.1 Å². The zero-order chi connectivity index (χ0) is 12.1. The van der Waals surface area contributed by atoms with Crippen molar-refractivity contribution in [1.82, 2.24) is 0 Å². The van der Waals surface area contributed by atoms with Crippen LogP contribution in [-0.4, -0.2) is 6.61 Å². The van der Waals surface area contributed by atoms with Crippen molar-refractivity contribution >= 4 is 0 Å². The van der Waals surface area contributed by atoms with Crippen LogP contribution in [0.2, 0.25) is 0 Å². The van der Waals surface area contributed by atoms with Crippen molar-refractivity contribution in [3.63, 3.8) is 0 Å². The van der Waals surface area contributed by atoms with Gasteiger partial charge in [0, 0.05) is 0 Å². The SMILES string of the molecule is Cc1ccc(OCC(C)C)c(CC(C)C)c1. The van der Waals surface area contributed by atoms with Gasteiger partial charge in [-0.3, -0.25) is 0 Å². The van der Waals surface area contributed by atoms with Gasteiger partial charge in [-0.25, -0.2) is 0 Å². The molecule has 0 aliphatic heterocycles. The van der Waals surface area contributed by atoms with Crippen LogP contribution in [0.15, 0.2) is 18.2 Å². The lowest BCUT2D eigenvalue weighted by atomic mass is 10.0. The van der Waals surface area contributed by atoms with Gasteiger partial charge in [-0.2, -0.15) is 0 Å². The summed E-state index contributed by atoms with van der Waals surface area (Å²) in [4.78, 5) is 0. The van der Waals surface area contributed by atoms with Gasteiger partial charge in [0.25, 0.3) is 0 Å². The van der Waals surface area contributed by atoms with Crippen molar-refractivity contribution < 1.29 is 4.74 Å². The molecule has 1 aromatic rings. The Morgan fingerprint density at radius 3 is 2.31 bits per heavy atom. The van der Waals surface area contributed by atoms with E-state index in [2.05, 4.69) is 52.8 Å². The van der Waals surface area contributed by atoms with Gasteiger partial charge in [-0.1, -0.05) is 45.4 Å². The topological polar surface area (TPSA) is 9.23 Å². The molecule has 90 valence electrons. The smallest absolute Gasteiger partial charge is 0.122 e. The Morgan fingerprint density at radius 1 is 1.06 bits per heavy atom. The fourth-order valence-corrected chi connectivity index (χ4v) is 1.70. The number of hydrogen-bond acceptors (Lipinski definition) is 1. The number of aryl methyl sites for hydroxylation is 1. The lowest BCUT2D eigenvalue weighted by Crippen LogP contribution is -2.07. The summed E-state index contributed by atoms with van der Waals surface area (Å²) in [7, 11) is 0. The molecule has 0 radical (unpaired) electrons. The highest BCUT2D eigenvalue weighted by Gasteiger charge is 2.07. The lowest BCUT2D eigenvalue weighted by molar-refractivity contribution is 0.268. The van der Waals surface area contributed by atoms with Crippen LogP contribution in [-0.2, 0) is 6.42 Å². The molecule has 0 atom stereocenters. The summed E-state index contributed by atoms with van der Waals surface area (Å²) < 4.78 is 5.85. The molecule has 0 aromatic heterocycles.